The van der Waals surface area contributed by atoms with Crippen molar-refractivity contribution in [1.82, 2.24) is 4.90 Å². The fourth-order valence-corrected chi connectivity index (χ4v) is 4.98. The molecule has 4 rings (SSSR count). The van der Waals surface area contributed by atoms with Gasteiger partial charge >= 0.3 is 0 Å². The minimum absolute atomic E-state index is 0.0529. The van der Waals surface area contributed by atoms with Crippen LogP contribution in [0.2, 0.25) is 0 Å². The fourth-order valence-electron chi connectivity index (χ4n) is 4.98. The molecule has 2 aromatic rings. The van der Waals surface area contributed by atoms with Crippen LogP contribution in [0.25, 0.3) is 11.1 Å². The maximum absolute atomic E-state index is 11.2. The van der Waals surface area contributed by atoms with E-state index in [1.165, 1.54) is 45.8 Å². The van der Waals surface area contributed by atoms with Crippen molar-refractivity contribution in [3.8, 4) is 16.9 Å². The first kappa shape index (κ1) is 21.9. The van der Waals surface area contributed by atoms with Crippen LogP contribution in [0, 0.1) is 17.3 Å². The largest absolute Gasteiger partial charge is 0.490 e. The quantitative estimate of drug-likeness (QED) is 0.638. The highest BCUT2D eigenvalue weighted by molar-refractivity contribution is 5.89. The van der Waals surface area contributed by atoms with Crippen LogP contribution in [0.15, 0.2) is 48.5 Å². The molecule has 1 saturated carbocycles. The molecule has 3 atom stereocenters. The molecule has 2 aromatic carbocycles. The zero-order chi connectivity index (χ0) is 22.0. The average Bonchev–Trinajstić information content (AvgIpc) is 3.25. The molecule has 31 heavy (non-hydrogen) atoms. The number of likely N-dealkylation sites (tertiary alicyclic amines) is 1. The predicted octanol–water partition coefficient (Wildman–Crippen LogP) is 5.84. The summed E-state index contributed by atoms with van der Waals surface area (Å²) < 4.78 is 6.35. The lowest BCUT2D eigenvalue weighted by molar-refractivity contribution is -0.114. The Labute approximate surface area is 187 Å². The van der Waals surface area contributed by atoms with Gasteiger partial charge in [-0.15, -0.1) is 0 Å². The third-order valence-electron chi connectivity index (χ3n) is 6.66. The van der Waals surface area contributed by atoms with Crippen molar-refractivity contribution in [2.45, 2.75) is 53.1 Å². The Balaban J connectivity index is 1.27. The summed E-state index contributed by atoms with van der Waals surface area (Å²) in [5.74, 6) is 2.51. The molecular weight excluding hydrogens is 384 g/mol. The molecule has 0 aromatic heterocycles. The van der Waals surface area contributed by atoms with E-state index in [0.29, 0.717) is 11.5 Å². The molecule has 1 heterocycles. The van der Waals surface area contributed by atoms with Gasteiger partial charge in [-0.25, -0.2) is 0 Å². The average molecular weight is 421 g/mol. The van der Waals surface area contributed by atoms with Crippen LogP contribution in [0.1, 0.15) is 47.0 Å². The van der Waals surface area contributed by atoms with Gasteiger partial charge in [-0.2, -0.15) is 0 Å². The van der Waals surface area contributed by atoms with Crippen molar-refractivity contribution in [1.29, 1.82) is 0 Å². The molecule has 2 fully saturated rings. The van der Waals surface area contributed by atoms with Gasteiger partial charge in [0.2, 0.25) is 5.91 Å². The molecular formula is C27H36N2O2. The first-order valence-corrected chi connectivity index (χ1v) is 11.6. The Morgan fingerprint density at radius 2 is 1.52 bits per heavy atom. The number of amides is 1. The van der Waals surface area contributed by atoms with Gasteiger partial charge in [-0.3, -0.25) is 4.79 Å². The summed E-state index contributed by atoms with van der Waals surface area (Å²) in [5.41, 5.74) is 3.52. The van der Waals surface area contributed by atoms with Crippen molar-refractivity contribution in [3.05, 3.63) is 48.5 Å². The van der Waals surface area contributed by atoms with E-state index in [-0.39, 0.29) is 5.91 Å². The summed E-state index contributed by atoms with van der Waals surface area (Å²) in [6, 6.07) is 16.3. The number of fused-ring (bicyclic) bond motifs is 1. The second-order valence-electron chi connectivity index (χ2n) is 10.6. The van der Waals surface area contributed by atoms with E-state index in [1.807, 2.05) is 24.3 Å². The third kappa shape index (κ3) is 5.88. The summed E-state index contributed by atoms with van der Waals surface area (Å²) >= 11 is 0. The van der Waals surface area contributed by atoms with E-state index in [4.69, 9.17) is 4.74 Å². The van der Waals surface area contributed by atoms with Gasteiger partial charge < -0.3 is 15.0 Å². The fraction of sp³-hybridized carbons (Fsp3) is 0.519. The number of anilines is 1. The Morgan fingerprint density at radius 3 is 2.03 bits per heavy atom. The second kappa shape index (κ2) is 9.04. The molecule has 0 unspecified atom stereocenters. The van der Waals surface area contributed by atoms with E-state index in [1.54, 1.807) is 0 Å². The normalized spacial score (nSPS) is 23.5. The van der Waals surface area contributed by atoms with Crippen molar-refractivity contribution in [3.63, 3.8) is 0 Å². The Kier molecular flexibility index (Phi) is 6.38. The molecule has 4 heteroatoms. The monoisotopic (exact) mass is 420 g/mol. The van der Waals surface area contributed by atoms with Gasteiger partial charge in [-0.1, -0.05) is 45.0 Å². The maximum atomic E-state index is 11.2. The minimum atomic E-state index is -0.0529. The van der Waals surface area contributed by atoms with Crippen LogP contribution in [-0.4, -0.2) is 36.5 Å². The van der Waals surface area contributed by atoms with Gasteiger partial charge in [0.05, 0.1) is 6.10 Å². The molecule has 0 bridgehead atoms. The second-order valence-corrected chi connectivity index (χ2v) is 10.6. The smallest absolute Gasteiger partial charge is 0.221 e. The van der Waals surface area contributed by atoms with Gasteiger partial charge in [0.25, 0.3) is 0 Å². The Hall–Kier alpha value is -2.33. The number of carbonyl (C=O) groups excluding carboxylic acids is 1. The molecule has 0 spiro atoms. The lowest BCUT2D eigenvalue weighted by Crippen LogP contribution is -2.27. The van der Waals surface area contributed by atoms with Crippen molar-refractivity contribution in [2.24, 2.45) is 17.3 Å². The van der Waals surface area contributed by atoms with Crippen LogP contribution in [0.3, 0.4) is 0 Å². The first-order chi connectivity index (χ1) is 14.7. The zero-order valence-corrected chi connectivity index (χ0v) is 19.4. The number of hydrogen-bond acceptors (Lipinski definition) is 3. The molecule has 0 radical (unpaired) electrons. The molecule has 1 aliphatic heterocycles. The topological polar surface area (TPSA) is 41.6 Å². The highest BCUT2D eigenvalue weighted by Crippen LogP contribution is 2.40. The SMILES string of the molecule is CC(=O)Nc1ccc(-c2ccc(O[C@H]3C[C@@H]4CN(CCC(C)(C)C)C[C@@H]4C3)cc2)cc1. The number of benzene rings is 2. The molecule has 2 aliphatic rings. The number of ether oxygens (including phenoxy) is 1. The Bertz CT molecular complexity index is 869. The zero-order valence-electron chi connectivity index (χ0n) is 19.4. The number of nitrogens with one attached hydrogen (secondary N) is 1. The number of hydrogen-bond donors (Lipinski definition) is 1. The lowest BCUT2D eigenvalue weighted by atomic mass is 9.92. The first-order valence-electron chi connectivity index (χ1n) is 11.6. The molecule has 1 amide bonds. The minimum Gasteiger partial charge on any atom is -0.490 e. The van der Waals surface area contributed by atoms with Gasteiger partial charge in [0, 0.05) is 25.7 Å². The van der Waals surface area contributed by atoms with E-state index in [0.717, 1.165) is 34.4 Å². The number of nitrogens with zero attached hydrogens (tertiary/aromatic N) is 1. The molecule has 1 aliphatic carbocycles. The number of rotatable bonds is 6. The van der Waals surface area contributed by atoms with Crippen molar-refractivity contribution < 1.29 is 9.53 Å². The summed E-state index contributed by atoms with van der Waals surface area (Å²) in [4.78, 5) is 13.8. The highest BCUT2D eigenvalue weighted by Gasteiger charge is 2.41. The molecule has 1 N–H and O–H groups in total. The predicted molar refractivity (Wildman–Crippen MR) is 127 cm³/mol. The maximum Gasteiger partial charge on any atom is 0.221 e. The van der Waals surface area contributed by atoms with Crippen molar-refractivity contribution >= 4 is 11.6 Å². The molecule has 166 valence electrons. The summed E-state index contributed by atoms with van der Waals surface area (Å²) in [6.07, 6.45) is 3.99. The van der Waals surface area contributed by atoms with Crippen LogP contribution in [0.5, 0.6) is 5.75 Å². The van der Waals surface area contributed by atoms with Gasteiger partial charge in [0.15, 0.2) is 0 Å². The highest BCUT2D eigenvalue weighted by atomic mass is 16.5. The van der Waals surface area contributed by atoms with Gasteiger partial charge in [-0.05, 0) is 78.5 Å². The van der Waals surface area contributed by atoms with E-state index in [9.17, 15) is 4.79 Å². The van der Waals surface area contributed by atoms with Crippen LogP contribution >= 0.6 is 0 Å². The van der Waals surface area contributed by atoms with Crippen LogP contribution in [-0.2, 0) is 4.79 Å². The van der Waals surface area contributed by atoms with E-state index >= 15 is 0 Å². The molecule has 4 nitrogen and oxygen atoms in total. The van der Waals surface area contributed by atoms with E-state index < -0.39 is 0 Å². The molecule has 1 saturated heterocycles. The lowest BCUT2D eigenvalue weighted by Gasteiger charge is -2.24. The third-order valence-corrected chi connectivity index (χ3v) is 6.66. The van der Waals surface area contributed by atoms with E-state index in [2.05, 4.69) is 55.3 Å². The standard InChI is InChI=1S/C27H36N2O2/c1-19(30)28-24-9-5-20(6-10-24)21-7-11-25(12-8-21)31-26-15-22-17-29(18-23(22)16-26)14-13-27(2,3)4/h5-12,22-23,26H,13-18H2,1-4H3,(H,28,30)/t22-,23+,26+. The summed E-state index contributed by atoms with van der Waals surface area (Å²) in [7, 11) is 0. The Morgan fingerprint density at radius 1 is 0.968 bits per heavy atom. The van der Waals surface area contributed by atoms with Gasteiger partial charge in [0.1, 0.15) is 5.75 Å². The summed E-state index contributed by atoms with van der Waals surface area (Å²) in [6.45, 7) is 12.2. The van der Waals surface area contributed by atoms with Crippen LogP contribution < -0.4 is 10.1 Å². The van der Waals surface area contributed by atoms with Crippen molar-refractivity contribution in [2.75, 3.05) is 25.0 Å². The van der Waals surface area contributed by atoms with Crippen LogP contribution in [0.4, 0.5) is 5.69 Å². The number of carbonyl (C=O) groups is 1. The summed E-state index contributed by atoms with van der Waals surface area (Å²) in [5, 5.41) is 2.80.